The summed E-state index contributed by atoms with van der Waals surface area (Å²) in [6.45, 7) is 6.01. The number of carbonyl (C=O) groups is 3. The van der Waals surface area contributed by atoms with Crippen LogP contribution in [0.3, 0.4) is 0 Å². The number of carbonyl (C=O) groups excluding carboxylic acids is 3. The molecule has 2 aromatic rings. The number of nitrogens with one attached hydrogen (secondary N) is 1. The van der Waals surface area contributed by atoms with E-state index in [2.05, 4.69) is 5.32 Å². The van der Waals surface area contributed by atoms with Crippen LogP contribution in [0.1, 0.15) is 38.8 Å². The lowest BCUT2D eigenvalue weighted by Gasteiger charge is -2.33. The summed E-state index contributed by atoms with van der Waals surface area (Å²) in [5.74, 6) is -2.47. The van der Waals surface area contributed by atoms with Crippen molar-refractivity contribution in [2.24, 2.45) is 17.8 Å². The van der Waals surface area contributed by atoms with Gasteiger partial charge in [-0.05, 0) is 48.1 Å². The van der Waals surface area contributed by atoms with Gasteiger partial charge in [-0.2, -0.15) is 0 Å². The Kier molecular flexibility index (Phi) is 6.78. The van der Waals surface area contributed by atoms with Gasteiger partial charge < -0.3 is 4.74 Å². The molecule has 2 fully saturated rings. The van der Waals surface area contributed by atoms with Crippen molar-refractivity contribution in [3.05, 3.63) is 58.1 Å². The van der Waals surface area contributed by atoms with Gasteiger partial charge in [0.1, 0.15) is 5.54 Å². The molecule has 0 radical (unpaired) electrons. The van der Waals surface area contributed by atoms with Crippen molar-refractivity contribution in [3.63, 3.8) is 0 Å². The van der Waals surface area contributed by atoms with Crippen molar-refractivity contribution in [1.82, 2.24) is 10.2 Å². The zero-order valence-electron chi connectivity index (χ0n) is 19.6. The molecule has 180 valence electrons. The maximum atomic E-state index is 13.4. The fourth-order valence-corrected chi connectivity index (χ4v) is 5.80. The highest BCUT2D eigenvalue weighted by atomic mass is 35.5. The maximum Gasteiger partial charge on any atom is 0.326 e. The van der Waals surface area contributed by atoms with E-state index >= 15 is 0 Å². The monoisotopic (exact) mass is 502 g/mol. The maximum absolute atomic E-state index is 13.4. The molecule has 2 aliphatic rings. The minimum Gasteiger partial charge on any atom is -0.468 e. The number of benzene rings is 2. The number of hydrogen-bond donors (Lipinski definition) is 1. The molecular formula is C26H28Cl2N2O4. The van der Waals surface area contributed by atoms with Crippen molar-refractivity contribution in [2.75, 3.05) is 13.7 Å². The first-order valence-electron chi connectivity index (χ1n) is 11.4. The zero-order chi connectivity index (χ0) is 24.8. The highest BCUT2D eigenvalue weighted by Crippen LogP contribution is 2.51. The van der Waals surface area contributed by atoms with Crippen molar-refractivity contribution >= 4 is 41.0 Å². The molecule has 0 unspecified atom stereocenters. The third-order valence-corrected chi connectivity index (χ3v) is 7.60. The lowest BCUT2D eigenvalue weighted by atomic mass is 9.75. The summed E-state index contributed by atoms with van der Waals surface area (Å²) in [6.07, 6.45) is 0.384. The first-order valence-corrected chi connectivity index (χ1v) is 12.2. The summed E-state index contributed by atoms with van der Waals surface area (Å²) in [7, 11) is 1.32. The number of rotatable bonds is 6. The average Bonchev–Trinajstić information content (AvgIpc) is 3.28. The molecule has 2 amide bonds. The highest BCUT2D eigenvalue weighted by molar-refractivity contribution is 6.42. The molecule has 4 rings (SSSR count). The first kappa shape index (κ1) is 24.7. The molecule has 0 aliphatic carbocycles. The van der Waals surface area contributed by atoms with Gasteiger partial charge in [0.15, 0.2) is 0 Å². The summed E-state index contributed by atoms with van der Waals surface area (Å²) < 4.78 is 5.17. The summed E-state index contributed by atoms with van der Waals surface area (Å²) >= 11 is 12.2. The molecular weight excluding hydrogens is 475 g/mol. The van der Waals surface area contributed by atoms with Crippen LogP contribution in [0, 0.1) is 17.8 Å². The predicted octanol–water partition coefficient (Wildman–Crippen LogP) is 4.88. The fourth-order valence-electron chi connectivity index (χ4n) is 5.50. The highest BCUT2D eigenvalue weighted by Gasteiger charge is 2.68. The molecule has 8 heteroatoms. The molecule has 2 aliphatic heterocycles. The first-order chi connectivity index (χ1) is 16.1. The van der Waals surface area contributed by atoms with Crippen LogP contribution < -0.4 is 5.32 Å². The van der Waals surface area contributed by atoms with Crippen LogP contribution in [-0.2, 0) is 19.1 Å². The number of hydrogen-bond acceptors (Lipinski definition) is 5. The van der Waals surface area contributed by atoms with Crippen LogP contribution in [0.15, 0.2) is 42.5 Å². The molecule has 4 atom stereocenters. The lowest BCUT2D eigenvalue weighted by molar-refractivity contribution is -0.155. The van der Waals surface area contributed by atoms with E-state index in [1.165, 1.54) is 12.0 Å². The third kappa shape index (κ3) is 3.92. The SMILES string of the molecule is CCN1C(=O)[C@H]2[C@@H](c3ccc(-c4ccc(Cl)c(Cl)c4)cc3)N[C@@](CC(C)C)(C(=O)OC)[C@H]2C1=O. The Balaban J connectivity index is 1.76. The van der Waals surface area contributed by atoms with E-state index in [4.69, 9.17) is 27.9 Å². The smallest absolute Gasteiger partial charge is 0.326 e. The number of amides is 2. The second-order valence-corrected chi connectivity index (χ2v) is 10.2. The van der Waals surface area contributed by atoms with Crippen LogP contribution in [0.2, 0.25) is 10.0 Å². The summed E-state index contributed by atoms with van der Waals surface area (Å²) in [5.41, 5.74) is 1.40. The number of ether oxygens (including phenoxy) is 1. The Bertz CT molecular complexity index is 1130. The van der Waals surface area contributed by atoms with E-state index in [-0.39, 0.29) is 24.3 Å². The second-order valence-electron chi connectivity index (χ2n) is 9.36. The van der Waals surface area contributed by atoms with Crippen LogP contribution in [0.25, 0.3) is 11.1 Å². The van der Waals surface area contributed by atoms with Crippen molar-refractivity contribution in [1.29, 1.82) is 0 Å². The largest absolute Gasteiger partial charge is 0.468 e. The Morgan fingerprint density at radius 1 is 1.06 bits per heavy atom. The van der Waals surface area contributed by atoms with Gasteiger partial charge in [0.05, 0.1) is 29.0 Å². The van der Waals surface area contributed by atoms with E-state index in [0.717, 1.165) is 16.7 Å². The van der Waals surface area contributed by atoms with Gasteiger partial charge in [0, 0.05) is 12.6 Å². The van der Waals surface area contributed by atoms with Crippen LogP contribution in [0.4, 0.5) is 0 Å². The van der Waals surface area contributed by atoms with Gasteiger partial charge in [-0.3, -0.25) is 24.6 Å². The predicted molar refractivity (Wildman–Crippen MR) is 131 cm³/mol. The van der Waals surface area contributed by atoms with Gasteiger partial charge in [0.25, 0.3) is 0 Å². The summed E-state index contributed by atoms with van der Waals surface area (Å²) in [4.78, 5) is 41.1. The van der Waals surface area contributed by atoms with E-state index in [9.17, 15) is 14.4 Å². The molecule has 0 saturated carbocycles. The molecule has 2 heterocycles. The molecule has 0 spiro atoms. The van der Waals surface area contributed by atoms with E-state index in [0.29, 0.717) is 16.5 Å². The molecule has 6 nitrogen and oxygen atoms in total. The quantitative estimate of drug-likeness (QED) is 0.449. The van der Waals surface area contributed by atoms with E-state index in [1.807, 2.05) is 44.2 Å². The topological polar surface area (TPSA) is 75.7 Å². The van der Waals surface area contributed by atoms with Gasteiger partial charge in [0.2, 0.25) is 11.8 Å². The summed E-state index contributed by atoms with van der Waals surface area (Å²) in [6, 6.07) is 12.6. The Hall–Kier alpha value is -2.41. The van der Waals surface area contributed by atoms with Crippen LogP contribution in [-0.4, -0.2) is 41.9 Å². The Labute approximate surface area is 209 Å². The molecule has 2 saturated heterocycles. The van der Waals surface area contributed by atoms with Gasteiger partial charge >= 0.3 is 5.97 Å². The fraction of sp³-hybridized carbons (Fsp3) is 0.423. The van der Waals surface area contributed by atoms with Crippen molar-refractivity contribution < 1.29 is 19.1 Å². The molecule has 2 aromatic carbocycles. The summed E-state index contributed by atoms with van der Waals surface area (Å²) in [5, 5.41) is 4.36. The average molecular weight is 503 g/mol. The van der Waals surface area contributed by atoms with Crippen LogP contribution >= 0.6 is 23.2 Å². The number of esters is 1. The number of likely N-dealkylation sites (tertiary alicyclic amines) is 1. The van der Waals surface area contributed by atoms with Crippen LogP contribution in [0.5, 0.6) is 0 Å². The molecule has 1 N–H and O–H groups in total. The number of fused-ring (bicyclic) bond motifs is 1. The van der Waals surface area contributed by atoms with E-state index < -0.39 is 29.4 Å². The number of imide groups is 1. The lowest BCUT2D eigenvalue weighted by Crippen LogP contribution is -2.57. The normalized spacial score (nSPS) is 26.3. The standard InChI is InChI=1S/C26H28Cl2N2O4/c1-5-30-23(31)20-21(24(30)32)26(13-14(2)3,25(33)34-4)29-22(20)16-8-6-15(7-9-16)17-10-11-18(27)19(28)12-17/h6-12,14,20-22,29H,5,13H2,1-4H3/t20-,21-,22-,26-/m1/s1. The molecule has 34 heavy (non-hydrogen) atoms. The van der Waals surface area contributed by atoms with Crippen molar-refractivity contribution in [2.45, 2.75) is 38.8 Å². The number of nitrogens with zero attached hydrogens (tertiary/aromatic N) is 1. The van der Waals surface area contributed by atoms with Gasteiger partial charge in [-0.25, -0.2) is 0 Å². The minimum absolute atomic E-state index is 0.0987. The Morgan fingerprint density at radius 3 is 2.26 bits per heavy atom. The second kappa shape index (κ2) is 9.33. The minimum atomic E-state index is -1.27. The zero-order valence-corrected chi connectivity index (χ0v) is 21.1. The third-order valence-electron chi connectivity index (χ3n) is 6.86. The van der Waals surface area contributed by atoms with E-state index in [1.54, 1.807) is 19.1 Å². The van der Waals surface area contributed by atoms with Gasteiger partial charge in [-0.1, -0.05) is 67.4 Å². The number of methoxy groups -OCH3 is 1. The Morgan fingerprint density at radius 2 is 1.71 bits per heavy atom. The molecule has 0 aromatic heterocycles. The van der Waals surface area contributed by atoms with Crippen molar-refractivity contribution in [3.8, 4) is 11.1 Å². The number of halogens is 2. The van der Waals surface area contributed by atoms with Gasteiger partial charge in [-0.15, -0.1) is 0 Å². The molecule has 0 bridgehead atoms.